The van der Waals surface area contributed by atoms with Crippen LogP contribution in [0.5, 0.6) is 5.75 Å². The molecule has 2 atom stereocenters. The van der Waals surface area contributed by atoms with Crippen molar-refractivity contribution in [3.63, 3.8) is 0 Å². The van der Waals surface area contributed by atoms with Crippen molar-refractivity contribution in [1.29, 1.82) is 0 Å². The molecule has 2 unspecified atom stereocenters. The second-order valence-electron chi connectivity index (χ2n) is 10.4. The maximum Gasteiger partial charge on any atom is 0.420 e. The van der Waals surface area contributed by atoms with E-state index >= 15 is 0 Å². The monoisotopic (exact) mass is 559 g/mol. The molecule has 2 aromatic rings. The number of carbonyl (C=O) groups excluding carboxylic acids is 1. The lowest BCUT2D eigenvalue weighted by Crippen LogP contribution is -2.53. The lowest BCUT2D eigenvalue weighted by atomic mass is 9.91. The van der Waals surface area contributed by atoms with Gasteiger partial charge in [-0.05, 0) is 69.9 Å². The Labute approximate surface area is 219 Å². The van der Waals surface area contributed by atoms with E-state index in [-0.39, 0.29) is 46.3 Å². The van der Waals surface area contributed by atoms with Crippen molar-refractivity contribution in [3.8, 4) is 5.75 Å². The van der Waals surface area contributed by atoms with Crippen molar-refractivity contribution >= 4 is 33.2 Å². The maximum absolute atomic E-state index is 13.4. The van der Waals surface area contributed by atoms with E-state index in [2.05, 4.69) is 15.2 Å². The highest BCUT2D eigenvalue weighted by atomic mass is 35.5. The zero-order valence-corrected chi connectivity index (χ0v) is 22.3. The van der Waals surface area contributed by atoms with Crippen molar-refractivity contribution < 1.29 is 31.1 Å². The minimum Gasteiger partial charge on any atom is -0.492 e. The molecule has 37 heavy (non-hydrogen) atoms. The Morgan fingerprint density at radius 1 is 1.16 bits per heavy atom. The highest BCUT2D eigenvalue weighted by Gasteiger charge is 2.43. The lowest BCUT2D eigenvalue weighted by molar-refractivity contribution is -0.139. The van der Waals surface area contributed by atoms with Crippen LogP contribution in [-0.2, 0) is 20.8 Å². The van der Waals surface area contributed by atoms with E-state index in [1.54, 1.807) is 26.0 Å². The second kappa shape index (κ2) is 9.98. The Kier molecular flexibility index (Phi) is 7.42. The molecule has 1 aromatic heterocycles. The van der Waals surface area contributed by atoms with Gasteiger partial charge in [0, 0.05) is 35.6 Å². The SMILES string of the molecule is CC(C)(COc1ccc(Cl)cc1C(F)(F)F)C(=O)NC1CC2CCC(C1)N2c1ccc(S(C)(=O)=O)cn1. The Morgan fingerprint density at radius 2 is 1.81 bits per heavy atom. The standard InChI is InChI=1S/C25H29ClF3N3O4S/c1-24(2,14-36-21-8-4-15(26)10-20(21)25(27,28)29)23(33)31-16-11-17-5-6-18(12-16)32(17)22-9-7-19(13-30-22)37(3,34)35/h4,7-10,13,16-18H,5-6,11-12,14H2,1-3H3,(H,31,33). The first kappa shape index (κ1) is 27.5. The summed E-state index contributed by atoms with van der Waals surface area (Å²) >= 11 is 5.72. The molecule has 2 fully saturated rings. The minimum atomic E-state index is -4.64. The number of amides is 1. The molecule has 1 amide bonds. The molecule has 4 rings (SSSR count). The van der Waals surface area contributed by atoms with E-state index in [1.807, 2.05) is 0 Å². The van der Waals surface area contributed by atoms with E-state index in [9.17, 15) is 26.4 Å². The average molecular weight is 560 g/mol. The van der Waals surface area contributed by atoms with E-state index < -0.39 is 27.0 Å². The number of benzene rings is 1. The number of pyridine rings is 1. The molecule has 2 aliphatic rings. The summed E-state index contributed by atoms with van der Waals surface area (Å²) in [7, 11) is -3.33. The van der Waals surface area contributed by atoms with Gasteiger partial charge in [0.25, 0.3) is 0 Å². The zero-order valence-electron chi connectivity index (χ0n) is 20.7. The molecule has 7 nitrogen and oxygen atoms in total. The number of alkyl halides is 3. The number of halogens is 4. The van der Waals surface area contributed by atoms with Crippen molar-refractivity contribution in [3.05, 3.63) is 47.1 Å². The normalized spacial score (nSPS) is 22.1. The Hall–Kier alpha value is -2.53. The van der Waals surface area contributed by atoms with Gasteiger partial charge in [-0.3, -0.25) is 4.79 Å². The largest absolute Gasteiger partial charge is 0.492 e. The van der Waals surface area contributed by atoms with Gasteiger partial charge in [0.1, 0.15) is 18.2 Å². The molecular weight excluding hydrogens is 531 g/mol. The minimum absolute atomic E-state index is 0.0563. The quantitative estimate of drug-likeness (QED) is 0.520. The third kappa shape index (κ3) is 6.14. The van der Waals surface area contributed by atoms with Crippen molar-refractivity contribution in [1.82, 2.24) is 10.3 Å². The fourth-order valence-electron chi connectivity index (χ4n) is 4.97. The van der Waals surface area contributed by atoms with Gasteiger partial charge in [-0.25, -0.2) is 13.4 Å². The van der Waals surface area contributed by atoms with Crippen LogP contribution in [0.2, 0.25) is 5.02 Å². The van der Waals surface area contributed by atoms with Crippen molar-refractivity contribution in [2.45, 2.75) is 68.7 Å². The topological polar surface area (TPSA) is 88.6 Å². The average Bonchev–Trinajstić information content (AvgIpc) is 3.07. The van der Waals surface area contributed by atoms with Crippen LogP contribution in [-0.4, -0.2) is 50.3 Å². The third-order valence-electron chi connectivity index (χ3n) is 6.93. The molecule has 0 radical (unpaired) electrons. The number of ether oxygens (including phenoxy) is 1. The first-order valence-corrected chi connectivity index (χ1v) is 14.2. The molecule has 0 spiro atoms. The molecule has 0 saturated carbocycles. The number of anilines is 1. The van der Waals surface area contributed by atoms with Gasteiger partial charge in [-0.1, -0.05) is 11.6 Å². The summed E-state index contributed by atoms with van der Waals surface area (Å²) in [6, 6.07) is 6.72. The number of hydrogen-bond acceptors (Lipinski definition) is 6. The van der Waals surface area contributed by atoms with E-state index in [1.165, 1.54) is 12.3 Å². The Morgan fingerprint density at radius 3 is 2.35 bits per heavy atom. The number of aromatic nitrogens is 1. The van der Waals surface area contributed by atoms with Crippen LogP contribution in [0, 0.1) is 5.41 Å². The molecule has 0 aliphatic carbocycles. The molecule has 1 N–H and O–H groups in total. The number of nitrogens with one attached hydrogen (secondary N) is 1. The molecule has 2 aliphatic heterocycles. The predicted molar refractivity (Wildman–Crippen MR) is 134 cm³/mol. The van der Waals surface area contributed by atoms with E-state index in [4.69, 9.17) is 16.3 Å². The van der Waals surface area contributed by atoms with Crippen molar-refractivity contribution in [2.75, 3.05) is 17.8 Å². The van der Waals surface area contributed by atoms with Gasteiger partial charge < -0.3 is 15.0 Å². The van der Waals surface area contributed by atoms with Gasteiger partial charge in [0.2, 0.25) is 5.91 Å². The molecule has 12 heteroatoms. The molecule has 2 saturated heterocycles. The van der Waals surface area contributed by atoms with Crippen LogP contribution in [0.3, 0.4) is 0 Å². The number of sulfone groups is 1. The van der Waals surface area contributed by atoms with Gasteiger partial charge in [0.05, 0.1) is 15.9 Å². The van der Waals surface area contributed by atoms with Crippen molar-refractivity contribution in [2.24, 2.45) is 5.41 Å². The van der Waals surface area contributed by atoms with Crippen LogP contribution in [0.25, 0.3) is 0 Å². The Balaban J connectivity index is 1.38. The summed E-state index contributed by atoms with van der Waals surface area (Å²) in [4.78, 5) is 19.8. The number of nitrogens with zero attached hydrogens (tertiary/aromatic N) is 2. The number of fused-ring (bicyclic) bond motifs is 2. The first-order valence-electron chi connectivity index (χ1n) is 11.9. The number of rotatable bonds is 7. The predicted octanol–water partition coefficient (Wildman–Crippen LogP) is 4.88. The summed E-state index contributed by atoms with van der Waals surface area (Å²) in [5, 5.41) is 3.01. The van der Waals surface area contributed by atoms with Gasteiger partial charge in [0.15, 0.2) is 9.84 Å². The van der Waals surface area contributed by atoms with Crippen LogP contribution in [0.1, 0.15) is 45.1 Å². The summed E-state index contributed by atoms with van der Waals surface area (Å²) in [6.45, 7) is 3.01. The summed E-state index contributed by atoms with van der Waals surface area (Å²) in [6.07, 6.45) is 1.09. The van der Waals surface area contributed by atoms with E-state index in [0.29, 0.717) is 18.7 Å². The first-order chi connectivity index (χ1) is 17.1. The summed E-state index contributed by atoms with van der Waals surface area (Å²) < 4.78 is 69.0. The molecule has 202 valence electrons. The highest BCUT2D eigenvalue weighted by molar-refractivity contribution is 7.90. The number of hydrogen-bond donors (Lipinski definition) is 1. The van der Waals surface area contributed by atoms with Crippen LogP contribution >= 0.6 is 11.6 Å². The smallest absolute Gasteiger partial charge is 0.420 e. The maximum atomic E-state index is 13.4. The fourth-order valence-corrected chi connectivity index (χ4v) is 5.70. The van der Waals surface area contributed by atoms with Crippen LogP contribution < -0.4 is 15.0 Å². The molecule has 3 heterocycles. The van der Waals surface area contributed by atoms with E-state index in [0.717, 1.165) is 31.2 Å². The van der Waals surface area contributed by atoms with Crippen LogP contribution in [0.4, 0.5) is 19.0 Å². The molecule has 2 bridgehead atoms. The van der Waals surface area contributed by atoms with Gasteiger partial charge in [-0.2, -0.15) is 13.2 Å². The lowest BCUT2D eigenvalue weighted by Gasteiger charge is -2.40. The van der Waals surface area contributed by atoms with Crippen LogP contribution in [0.15, 0.2) is 41.4 Å². The summed E-state index contributed by atoms with van der Waals surface area (Å²) in [5.74, 6) is 0.0314. The zero-order chi connectivity index (χ0) is 27.2. The number of carbonyl (C=O) groups is 1. The molecule has 1 aromatic carbocycles. The Bertz CT molecular complexity index is 1250. The third-order valence-corrected chi connectivity index (χ3v) is 8.26. The number of piperidine rings is 1. The fraction of sp³-hybridized carbons (Fsp3) is 0.520. The highest BCUT2D eigenvalue weighted by Crippen LogP contribution is 2.40. The van der Waals surface area contributed by atoms with Gasteiger partial charge in [-0.15, -0.1) is 0 Å². The van der Waals surface area contributed by atoms with Gasteiger partial charge >= 0.3 is 6.18 Å². The summed E-state index contributed by atoms with van der Waals surface area (Å²) in [5.41, 5.74) is -2.07. The molecular formula is C25H29ClF3N3O4S. The second-order valence-corrected chi connectivity index (χ2v) is 12.8.